The molecule has 2 heterocycles. The van der Waals surface area contributed by atoms with Crippen molar-refractivity contribution in [2.24, 2.45) is 5.10 Å². The predicted octanol–water partition coefficient (Wildman–Crippen LogP) is 1.95. The SMILES string of the molecule is Cc1ccc([N+](=O)[O-])cc1-c1ccc(/C=N\NC(=O)CN2CCOCC2)o1. The van der Waals surface area contributed by atoms with Crippen molar-refractivity contribution >= 4 is 17.8 Å². The quantitative estimate of drug-likeness (QED) is 0.471. The maximum Gasteiger partial charge on any atom is 0.270 e. The number of morpholine rings is 1. The van der Waals surface area contributed by atoms with Crippen molar-refractivity contribution in [2.45, 2.75) is 6.92 Å². The first-order valence-electron chi connectivity index (χ1n) is 8.50. The summed E-state index contributed by atoms with van der Waals surface area (Å²) < 4.78 is 10.9. The number of amides is 1. The van der Waals surface area contributed by atoms with Crippen LogP contribution in [0.1, 0.15) is 11.3 Å². The summed E-state index contributed by atoms with van der Waals surface area (Å²) in [5.41, 5.74) is 3.96. The normalized spacial score (nSPS) is 15.1. The molecule has 1 amide bonds. The van der Waals surface area contributed by atoms with Gasteiger partial charge in [-0.25, -0.2) is 5.43 Å². The third-order valence-electron chi connectivity index (χ3n) is 4.18. The van der Waals surface area contributed by atoms with Crippen LogP contribution in [-0.2, 0) is 9.53 Å². The lowest BCUT2D eigenvalue weighted by Gasteiger charge is -2.25. The van der Waals surface area contributed by atoms with E-state index in [2.05, 4.69) is 10.5 Å². The molecule has 0 spiro atoms. The molecule has 1 N–H and O–H groups in total. The van der Waals surface area contributed by atoms with Crippen LogP contribution in [0.25, 0.3) is 11.3 Å². The highest BCUT2D eigenvalue weighted by Crippen LogP contribution is 2.28. The van der Waals surface area contributed by atoms with Crippen molar-refractivity contribution < 1.29 is 18.9 Å². The summed E-state index contributed by atoms with van der Waals surface area (Å²) in [6.45, 7) is 4.81. The van der Waals surface area contributed by atoms with Crippen LogP contribution in [0.3, 0.4) is 0 Å². The summed E-state index contributed by atoms with van der Waals surface area (Å²) in [6, 6.07) is 8.00. The number of nitrogens with zero attached hydrogens (tertiary/aromatic N) is 3. The Morgan fingerprint density at radius 1 is 1.33 bits per heavy atom. The van der Waals surface area contributed by atoms with Gasteiger partial charge in [0.15, 0.2) is 0 Å². The van der Waals surface area contributed by atoms with Crippen LogP contribution >= 0.6 is 0 Å². The molecule has 0 radical (unpaired) electrons. The second-order valence-electron chi connectivity index (χ2n) is 6.14. The van der Waals surface area contributed by atoms with Gasteiger partial charge in [0.1, 0.15) is 11.5 Å². The number of hydrazone groups is 1. The van der Waals surface area contributed by atoms with Crippen LogP contribution in [-0.4, -0.2) is 54.8 Å². The van der Waals surface area contributed by atoms with Gasteiger partial charge >= 0.3 is 0 Å². The van der Waals surface area contributed by atoms with Gasteiger partial charge in [0.25, 0.3) is 11.6 Å². The zero-order valence-electron chi connectivity index (χ0n) is 14.9. The van der Waals surface area contributed by atoms with Crippen molar-refractivity contribution in [1.29, 1.82) is 0 Å². The van der Waals surface area contributed by atoms with Gasteiger partial charge < -0.3 is 9.15 Å². The second kappa shape index (κ2) is 8.56. The molecule has 1 fully saturated rings. The number of non-ortho nitro benzene ring substituents is 1. The molecular weight excluding hydrogens is 352 g/mol. The first kappa shape index (κ1) is 18.7. The van der Waals surface area contributed by atoms with Crippen molar-refractivity contribution in [3.8, 4) is 11.3 Å². The molecular formula is C18H20N4O5. The largest absolute Gasteiger partial charge is 0.455 e. The molecule has 2 aromatic rings. The van der Waals surface area contributed by atoms with E-state index in [1.165, 1.54) is 18.3 Å². The van der Waals surface area contributed by atoms with E-state index >= 15 is 0 Å². The topological polar surface area (TPSA) is 110 Å². The van der Waals surface area contributed by atoms with E-state index in [1.54, 1.807) is 18.2 Å². The highest BCUT2D eigenvalue weighted by atomic mass is 16.6. The van der Waals surface area contributed by atoms with Gasteiger partial charge in [0, 0.05) is 30.8 Å². The third kappa shape index (κ3) is 4.99. The fourth-order valence-electron chi connectivity index (χ4n) is 2.72. The Bertz CT molecular complexity index is 855. The number of nitro groups is 1. The van der Waals surface area contributed by atoms with Crippen LogP contribution in [0, 0.1) is 17.0 Å². The molecule has 1 saturated heterocycles. The monoisotopic (exact) mass is 372 g/mol. The Balaban J connectivity index is 1.60. The Hall–Kier alpha value is -3.04. The number of carbonyl (C=O) groups is 1. The van der Waals surface area contributed by atoms with Crippen molar-refractivity contribution in [3.63, 3.8) is 0 Å². The Kier molecular flexibility index (Phi) is 5.94. The standard InChI is InChI=1S/C18H20N4O5/c1-13-2-3-14(22(24)25)10-16(13)17-5-4-15(27-17)11-19-20-18(23)12-21-6-8-26-9-7-21/h2-5,10-11H,6-9,12H2,1H3,(H,20,23)/b19-11-. The van der Waals surface area contributed by atoms with Gasteiger partial charge in [0.2, 0.25) is 0 Å². The van der Waals surface area contributed by atoms with E-state index in [0.717, 1.165) is 18.7 Å². The van der Waals surface area contributed by atoms with E-state index in [0.29, 0.717) is 30.3 Å². The highest BCUT2D eigenvalue weighted by Gasteiger charge is 2.14. The summed E-state index contributed by atoms with van der Waals surface area (Å²) in [5, 5.41) is 14.8. The summed E-state index contributed by atoms with van der Waals surface area (Å²) in [4.78, 5) is 24.4. The van der Waals surface area contributed by atoms with Crippen molar-refractivity contribution in [1.82, 2.24) is 10.3 Å². The van der Waals surface area contributed by atoms with E-state index < -0.39 is 4.92 Å². The van der Waals surface area contributed by atoms with E-state index in [-0.39, 0.29) is 18.1 Å². The van der Waals surface area contributed by atoms with Gasteiger partial charge in [-0.2, -0.15) is 5.10 Å². The molecule has 1 aliphatic heterocycles. The maximum atomic E-state index is 11.9. The number of furan rings is 1. The number of hydrogen-bond acceptors (Lipinski definition) is 7. The number of benzene rings is 1. The lowest BCUT2D eigenvalue weighted by atomic mass is 10.1. The Morgan fingerprint density at radius 2 is 2.11 bits per heavy atom. The zero-order chi connectivity index (χ0) is 19.2. The van der Waals surface area contributed by atoms with Crippen LogP contribution in [0.2, 0.25) is 0 Å². The molecule has 1 aliphatic rings. The number of carbonyl (C=O) groups excluding carboxylic acids is 1. The molecule has 3 rings (SSSR count). The molecule has 0 bridgehead atoms. The first-order valence-corrected chi connectivity index (χ1v) is 8.50. The molecule has 9 heteroatoms. The average Bonchev–Trinajstić information content (AvgIpc) is 3.11. The summed E-state index contributed by atoms with van der Waals surface area (Å²) >= 11 is 0. The third-order valence-corrected chi connectivity index (χ3v) is 4.18. The fourth-order valence-corrected chi connectivity index (χ4v) is 2.72. The minimum Gasteiger partial charge on any atom is -0.455 e. The van der Waals surface area contributed by atoms with Gasteiger partial charge in [-0.15, -0.1) is 0 Å². The maximum absolute atomic E-state index is 11.9. The summed E-state index contributed by atoms with van der Waals surface area (Å²) in [7, 11) is 0. The number of hydrogen-bond donors (Lipinski definition) is 1. The van der Waals surface area contributed by atoms with Gasteiger partial charge in [-0.3, -0.25) is 19.8 Å². The Labute approximate surface area is 155 Å². The molecule has 27 heavy (non-hydrogen) atoms. The predicted molar refractivity (Wildman–Crippen MR) is 98.5 cm³/mol. The summed E-state index contributed by atoms with van der Waals surface area (Å²) in [5.74, 6) is 0.717. The van der Waals surface area contributed by atoms with Crippen LogP contribution in [0.5, 0.6) is 0 Å². The van der Waals surface area contributed by atoms with Crippen LogP contribution in [0.15, 0.2) is 39.9 Å². The number of rotatable bonds is 6. The van der Waals surface area contributed by atoms with E-state index in [1.807, 2.05) is 11.8 Å². The number of nitrogens with one attached hydrogen (secondary N) is 1. The number of nitro benzene ring substituents is 1. The molecule has 0 atom stereocenters. The minimum absolute atomic E-state index is 0.00223. The highest BCUT2D eigenvalue weighted by molar-refractivity contribution is 5.82. The molecule has 0 saturated carbocycles. The Morgan fingerprint density at radius 3 is 2.85 bits per heavy atom. The molecule has 1 aromatic carbocycles. The van der Waals surface area contributed by atoms with Crippen molar-refractivity contribution in [2.75, 3.05) is 32.8 Å². The average molecular weight is 372 g/mol. The number of aryl methyl sites for hydroxylation is 1. The fraction of sp³-hybridized carbons (Fsp3) is 0.333. The zero-order valence-corrected chi connectivity index (χ0v) is 14.9. The minimum atomic E-state index is -0.446. The van der Waals surface area contributed by atoms with Gasteiger partial charge in [0.05, 0.1) is 30.9 Å². The molecule has 1 aromatic heterocycles. The van der Waals surface area contributed by atoms with Gasteiger partial charge in [-0.1, -0.05) is 6.07 Å². The first-order chi connectivity index (χ1) is 13.0. The lowest BCUT2D eigenvalue weighted by Crippen LogP contribution is -2.42. The molecule has 9 nitrogen and oxygen atoms in total. The van der Waals surface area contributed by atoms with E-state index in [9.17, 15) is 14.9 Å². The van der Waals surface area contributed by atoms with Crippen LogP contribution < -0.4 is 5.43 Å². The smallest absolute Gasteiger partial charge is 0.270 e. The molecule has 142 valence electrons. The number of ether oxygens (including phenoxy) is 1. The van der Waals surface area contributed by atoms with Crippen molar-refractivity contribution in [3.05, 3.63) is 51.8 Å². The molecule has 0 aliphatic carbocycles. The summed E-state index contributed by atoms with van der Waals surface area (Å²) in [6.07, 6.45) is 1.40. The lowest BCUT2D eigenvalue weighted by molar-refractivity contribution is -0.384. The second-order valence-corrected chi connectivity index (χ2v) is 6.14. The van der Waals surface area contributed by atoms with E-state index in [4.69, 9.17) is 9.15 Å². The molecule has 0 unspecified atom stereocenters. The van der Waals surface area contributed by atoms with Gasteiger partial charge in [-0.05, 0) is 24.6 Å². The van der Waals surface area contributed by atoms with Crippen LogP contribution in [0.4, 0.5) is 5.69 Å².